The van der Waals surface area contributed by atoms with Crippen molar-refractivity contribution in [3.8, 4) is 11.4 Å². The Hall–Kier alpha value is -2.87. The Labute approximate surface area is 179 Å². The maximum Gasteiger partial charge on any atom is 0.246 e. The third-order valence-corrected chi connectivity index (χ3v) is 6.75. The number of thioether (sulfide) groups is 1. The number of benzene rings is 2. The Morgan fingerprint density at radius 3 is 2.73 bits per heavy atom. The quantitative estimate of drug-likeness (QED) is 0.672. The zero-order chi connectivity index (χ0) is 20.5. The van der Waals surface area contributed by atoms with Gasteiger partial charge in [-0.15, -0.1) is 16.9 Å². The highest BCUT2D eigenvalue weighted by atomic mass is 32.2. The van der Waals surface area contributed by atoms with Crippen LogP contribution >= 0.6 is 11.8 Å². The predicted molar refractivity (Wildman–Crippen MR) is 119 cm³/mol. The molecule has 1 atom stereocenters. The van der Waals surface area contributed by atoms with E-state index in [-0.39, 0.29) is 12.5 Å². The number of rotatable bonds is 5. The van der Waals surface area contributed by atoms with Crippen LogP contribution < -0.4 is 10.2 Å². The van der Waals surface area contributed by atoms with Gasteiger partial charge in [-0.2, -0.15) is 0 Å². The molecule has 0 saturated heterocycles. The van der Waals surface area contributed by atoms with Crippen LogP contribution in [0.2, 0.25) is 0 Å². The Bertz CT molecular complexity index is 1050. The monoisotopic (exact) mass is 420 g/mol. The van der Waals surface area contributed by atoms with Crippen molar-refractivity contribution < 1.29 is 4.79 Å². The number of carbonyl (C=O) groups excluding carboxylic acids is 1. The summed E-state index contributed by atoms with van der Waals surface area (Å²) in [5, 5.41) is 15.9. The summed E-state index contributed by atoms with van der Waals surface area (Å²) in [6.07, 6.45) is 3.25. The van der Waals surface area contributed by atoms with Gasteiger partial charge in [-0.05, 0) is 66.1 Å². The second kappa shape index (κ2) is 8.10. The van der Waals surface area contributed by atoms with Crippen LogP contribution in [-0.4, -0.2) is 44.5 Å². The minimum atomic E-state index is 0.0823. The lowest BCUT2D eigenvalue weighted by atomic mass is 10.2. The van der Waals surface area contributed by atoms with Crippen molar-refractivity contribution in [1.29, 1.82) is 0 Å². The number of tetrazole rings is 1. The van der Waals surface area contributed by atoms with Crippen LogP contribution in [0.4, 0.5) is 11.4 Å². The maximum absolute atomic E-state index is 13.0. The maximum atomic E-state index is 13.0. The molecule has 3 aromatic rings. The summed E-state index contributed by atoms with van der Waals surface area (Å²) in [6.45, 7) is 3.22. The SMILES string of the molecule is CC1CCN(C(=O)CNc2ccc(-c3nnnn3C3CC3)cc2)c2ccccc2S1. The highest BCUT2D eigenvalue weighted by Crippen LogP contribution is 2.38. The van der Waals surface area contributed by atoms with Gasteiger partial charge >= 0.3 is 0 Å². The van der Waals surface area contributed by atoms with E-state index < -0.39 is 0 Å². The Kier molecular flexibility index (Phi) is 5.16. The van der Waals surface area contributed by atoms with E-state index in [4.69, 9.17) is 0 Å². The van der Waals surface area contributed by atoms with Gasteiger partial charge in [0.15, 0.2) is 5.82 Å². The van der Waals surface area contributed by atoms with Gasteiger partial charge in [-0.1, -0.05) is 19.1 Å². The molecule has 0 spiro atoms. The summed E-state index contributed by atoms with van der Waals surface area (Å²) in [7, 11) is 0. The number of hydrogen-bond acceptors (Lipinski definition) is 6. The first kappa shape index (κ1) is 19.1. The smallest absolute Gasteiger partial charge is 0.246 e. The molecule has 1 amide bonds. The van der Waals surface area contributed by atoms with E-state index >= 15 is 0 Å². The lowest BCUT2D eigenvalue weighted by Gasteiger charge is -2.23. The molecule has 30 heavy (non-hydrogen) atoms. The van der Waals surface area contributed by atoms with Crippen molar-refractivity contribution in [3.63, 3.8) is 0 Å². The van der Waals surface area contributed by atoms with E-state index in [9.17, 15) is 4.79 Å². The number of hydrogen-bond donors (Lipinski definition) is 1. The third kappa shape index (κ3) is 3.92. The summed E-state index contributed by atoms with van der Waals surface area (Å²) >= 11 is 1.84. The normalized spacial score (nSPS) is 18.6. The van der Waals surface area contributed by atoms with Crippen LogP contribution in [-0.2, 0) is 4.79 Å². The number of aromatic nitrogens is 4. The standard InChI is InChI=1S/C22H24N6OS/c1-15-12-13-27(19-4-2-3-5-20(19)30-15)21(29)14-23-17-8-6-16(7-9-17)22-24-25-26-28(22)18-10-11-18/h2-9,15,18,23H,10-14H2,1H3. The van der Waals surface area contributed by atoms with E-state index in [1.807, 2.05) is 63.8 Å². The van der Waals surface area contributed by atoms with E-state index in [1.54, 1.807) is 0 Å². The Morgan fingerprint density at radius 1 is 1.13 bits per heavy atom. The number of amides is 1. The highest BCUT2D eigenvalue weighted by Gasteiger charge is 2.28. The number of nitrogens with zero attached hydrogens (tertiary/aromatic N) is 5. The van der Waals surface area contributed by atoms with Crippen LogP contribution in [0.5, 0.6) is 0 Å². The predicted octanol–water partition coefficient (Wildman–Crippen LogP) is 4.00. The fraction of sp³-hybridized carbons (Fsp3) is 0.364. The third-order valence-electron chi connectivity index (χ3n) is 5.52. The first-order chi connectivity index (χ1) is 14.7. The number of nitrogens with one attached hydrogen (secondary N) is 1. The second-order valence-corrected chi connectivity index (χ2v) is 9.32. The van der Waals surface area contributed by atoms with Gasteiger partial charge in [0, 0.05) is 27.9 Å². The molecule has 0 radical (unpaired) electrons. The largest absolute Gasteiger partial charge is 0.376 e. The summed E-state index contributed by atoms with van der Waals surface area (Å²) in [4.78, 5) is 16.1. The first-order valence-electron chi connectivity index (χ1n) is 10.4. The van der Waals surface area contributed by atoms with Crippen LogP contribution in [0.25, 0.3) is 11.4 Å². The van der Waals surface area contributed by atoms with Gasteiger partial charge in [0.1, 0.15) is 0 Å². The molecule has 154 valence electrons. The molecule has 8 heteroatoms. The zero-order valence-electron chi connectivity index (χ0n) is 16.9. The molecule has 2 aromatic carbocycles. The fourth-order valence-corrected chi connectivity index (χ4v) is 4.82. The molecule has 2 aliphatic rings. The van der Waals surface area contributed by atoms with Gasteiger partial charge in [-0.3, -0.25) is 4.79 Å². The van der Waals surface area contributed by atoms with Gasteiger partial charge in [0.25, 0.3) is 0 Å². The molecule has 2 heterocycles. The zero-order valence-corrected chi connectivity index (χ0v) is 17.7. The molecule has 1 unspecified atom stereocenters. The van der Waals surface area contributed by atoms with Crippen molar-refractivity contribution in [2.75, 3.05) is 23.3 Å². The van der Waals surface area contributed by atoms with Crippen molar-refractivity contribution in [2.45, 2.75) is 42.4 Å². The van der Waals surface area contributed by atoms with Gasteiger partial charge in [-0.25, -0.2) is 4.68 Å². The number of fused-ring (bicyclic) bond motifs is 1. The molecular formula is C22H24N6OS. The van der Waals surface area contributed by atoms with Crippen LogP contribution in [0, 0.1) is 0 Å². The number of anilines is 2. The molecule has 1 fully saturated rings. The van der Waals surface area contributed by atoms with Crippen molar-refractivity contribution >= 4 is 29.0 Å². The van der Waals surface area contributed by atoms with Crippen molar-refractivity contribution in [3.05, 3.63) is 48.5 Å². The average molecular weight is 421 g/mol. The molecule has 7 nitrogen and oxygen atoms in total. The molecular weight excluding hydrogens is 396 g/mol. The molecule has 1 aliphatic heterocycles. The molecule has 1 saturated carbocycles. The Balaban J connectivity index is 1.26. The number of carbonyl (C=O) groups is 1. The van der Waals surface area contributed by atoms with E-state index in [2.05, 4.69) is 33.8 Å². The van der Waals surface area contributed by atoms with Crippen molar-refractivity contribution in [2.24, 2.45) is 0 Å². The first-order valence-corrected chi connectivity index (χ1v) is 11.3. The molecule has 1 N–H and O–H groups in total. The van der Waals surface area contributed by atoms with Crippen LogP contribution in [0.3, 0.4) is 0 Å². The van der Waals surface area contributed by atoms with Crippen LogP contribution in [0.15, 0.2) is 53.4 Å². The average Bonchev–Trinajstić information content (AvgIpc) is 3.53. The summed E-state index contributed by atoms with van der Waals surface area (Å²) < 4.78 is 1.90. The fourth-order valence-electron chi connectivity index (χ4n) is 3.70. The topological polar surface area (TPSA) is 75.9 Å². The molecule has 5 rings (SSSR count). The van der Waals surface area contributed by atoms with Gasteiger partial charge < -0.3 is 10.2 Å². The minimum absolute atomic E-state index is 0.0823. The Morgan fingerprint density at radius 2 is 1.93 bits per heavy atom. The molecule has 1 aromatic heterocycles. The second-order valence-electron chi connectivity index (χ2n) is 7.84. The van der Waals surface area contributed by atoms with E-state index in [0.717, 1.165) is 48.6 Å². The lowest BCUT2D eigenvalue weighted by molar-refractivity contribution is -0.117. The van der Waals surface area contributed by atoms with Gasteiger partial charge in [0.2, 0.25) is 5.91 Å². The number of para-hydroxylation sites is 1. The summed E-state index contributed by atoms with van der Waals surface area (Å²) in [5.41, 5.74) is 2.90. The lowest BCUT2D eigenvalue weighted by Crippen LogP contribution is -2.36. The summed E-state index contributed by atoms with van der Waals surface area (Å²) in [5.74, 6) is 0.881. The molecule has 1 aliphatic carbocycles. The highest BCUT2D eigenvalue weighted by molar-refractivity contribution is 8.00. The van der Waals surface area contributed by atoms with Crippen molar-refractivity contribution in [1.82, 2.24) is 20.2 Å². The minimum Gasteiger partial charge on any atom is -0.376 e. The van der Waals surface area contributed by atoms with Crippen LogP contribution in [0.1, 0.15) is 32.2 Å². The molecule has 0 bridgehead atoms. The van der Waals surface area contributed by atoms with E-state index in [0.29, 0.717) is 11.3 Å². The summed E-state index contributed by atoms with van der Waals surface area (Å²) in [6, 6.07) is 16.5. The van der Waals surface area contributed by atoms with Gasteiger partial charge in [0.05, 0.1) is 18.3 Å². The van der Waals surface area contributed by atoms with E-state index in [1.165, 1.54) is 4.90 Å².